The second kappa shape index (κ2) is 4.60. The van der Waals surface area contributed by atoms with Crippen LogP contribution in [0.15, 0.2) is 46.7 Å². The summed E-state index contributed by atoms with van der Waals surface area (Å²) in [5, 5.41) is 1.79. The molecular formula is C11H7ClO3S2. The molecule has 0 atom stereocenters. The molecule has 0 amide bonds. The Kier molecular flexibility index (Phi) is 3.33. The van der Waals surface area contributed by atoms with Crippen LogP contribution in [0.1, 0.15) is 15.2 Å². The van der Waals surface area contributed by atoms with Crippen LogP contribution in [-0.4, -0.2) is 14.2 Å². The number of hydrogen-bond acceptors (Lipinski definition) is 4. The highest BCUT2D eigenvalue weighted by Crippen LogP contribution is 2.20. The quantitative estimate of drug-likeness (QED) is 0.644. The first kappa shape index (κ1) is 12.3. The summed E-state index contributed by atoms with van der Waals surface area (Å²) in [6.07, 6.45) is 0. The van der Waals surface area contributed by atoms with Gasteiger partial charge in [0, 0.05) is 16.2 Å². The fourth-order valence-electron chi connectivity index (χ4n) is 1.34. The molecule has 2 aromatic rings. The number of carbonyl (C=O) groups is 1. The molecule has 88 valence electrons. The van der Waals surface area contributed by atoms with E-state index < -0.39 is 9.05 Å². The zero-order valence-corrected chi connectivity index (χ0v) is 10.8. The van der Waals surface area contributed by atoms with E-state index in [1.54, 1.807) is 23.6 Å². The van der Waals surface area contributed by atoms with Crippen LogP contribution in [-0.2, 0) is 9.05 Å². The molecule has 0 saturated heterocycles. The second-order valence-electron chi connectivity index (χ2n) is 3.27. The molecule has 0 spiro atoms. The van der Waals surface area contributed by atoms with Gasteiger partial charge in [0.15, 0.2) is 0 Å². The number of thiophene rings is 1. The first-order valence-electron chi connectivity index (χ1n) is 4.61. The van der Waals surface area contributed by atoms with E-state index in [9.17, 15) is 13.2 Å². The van der Waals surface area contributed by atoms with Crippen LogP contribution in [0.2, 0.25) is 0 Å². The molecule has 0 N–H and O–H groups in total. The number of benzene rings is 1. The van der Waals surface area contributed by atoms with Crippen LogP contribution >= 0.6 is 22.0 Å². The molecule has 0 radical (unpaired) electrons. The Morgan fingerprint density at radius 2 is 1.94 bits per heavy atom. The number of rotatable bonds is 3. The molecule has 6 heteroatoms. The van der Waals surface area contributed by atoms with Crippen LogP contribution in [0.4, 0.5) is 0 Å². The summed E-state index contributed by atoms with van der Waals surface area (Å²) in [6.45, 7) is 0. The molecule has 2 rings (SSSR count). The standard InChI is InChI=1S/C11H7ClO3S2/c12-17(14,15)9-4-1-3-8(7-9)11(13)10-5-2-6-16-10/h1-7H. The minimum atomic E-state index is -3.80. The predicted octanol–water partition coefficient (Wildman–Crippen LogP) is 2.91. The maximum Gasteiger partial charge on any atom is 0.261 e. The largest absolute Gasteiger partial charge is 0.288 e. The monoisotopic (exact) mass is 286 g/mol. The third kappa shape index (κ3) is 2.74. The summed E-state index contributed by atoms with van der Waals surface area (Å²) in [4.78, 5) is 12.5. The Morgan fingerprint density at radius 3 is 2.53 bits per heavy atom. The van der Waals surface area contributed by atoms with Crippen LogP contribution < -0.4 is 0 Å². The lowest BCUT2D eigenvalue weighted by Gasteiger charge is -2.00. The van der Waals surface area contributed by atoms with Gasteiger partial charge in [-0.1, -0.05) is 18.2 Å². The molecule has 0 aliphatic rings. The SMILES string of the molecule is O=C(c1cccc(S(=O)(=O)Cl)c1)c1cccs1. The van der Waals surface area contributed by atoms with E-state index in [0.29, 0.717) is 10.4 Å². The smallest absolute Gasteiger partial charge is 0.261 e. The van der Waals surface area contributed by atoms with Gasteiger partial charge in [0.25, 0.3) is 9.05 Å². The third-order valence-corrected chi connectivity index (χ3v) is 4.34. The Bertz CT molecular complexity index is 645. The van der Waals surface area contributed by atoms with Crippen LogP contribution in [0.5, 0.6) is 0 Å². The lowest BCUT2D eigenvalue weighted by molar-refractivity contribution is 0.104. The average Bonchev–Trinajstić information content (AvgIpc) is 2.80. The third-order valence-electron chi connectivity index (χ3n) is 2.12. The van der Waals surface area contributed by atoms with E-state index in [4.69, 9.17) is 10.7 Å². The number of halogens is 1. The highest BCUT2D eigenvalue weighted by molar-refractivity contribution is 8.13. The van der Waals surface area contributed by atoms with Crippen molar-refractivity contribution in [1.29, 1.82) is 0 Å². The first-order valence-corrected chi connectivity index (χ1v) is 7.80. The molecule has 17 heavy (non-hydrogen) atoms. The van der Waals surface area contributed by atoms with Crippen LogP contribution in [0, 0.1) is 0 Å². The minimum absolute atomic E-state index is 0.0680. The normalized spacial score (nSPS) is 11.4. The Hall–Kier alpha value is -1.17. The zero-order valence-electron chi connectivity index (χ0n) is 8.46. The van der Waals surface area contributed by atoms with Crippen LogP contribution in [0.3, 0.4) is 0 Å². The van der Waals surface area contributed by atoms with Crippen molar-refractivity contribution in [2.75, 3.05) is 0 Å². The molecular weight excluding hydrogens is 280 g/mol. The highest BCUT2D eigenvalue weighted by atomic mass is 35.7. The van der Waals surface area contributed by atoms with Crippen LogP contribution in [0.25, 0.3) is 0 Å². The van der Waals surface area contributed by atoms with E-state index in [2.05, 4.69) is 0 Å². The molecule has 1 aromatic heterocycles. The summed E-state index contributed by atoms with van der Waals surface area (Å²) in [5.41, 5.74) is 0.314. The van der Waals surface area contributed by atoms with E-state index >= 15 is 0 Å². The van der Waals surface area contributed by atoms with Crippen molar-refractivity contribution in [1.82, 2.24) is 0 Å². The van der Waals surface area contributed by atoms with Crippen molar-refractivity contribution in [2.45, 2.75) is 4.90 Å². The molecule has 0 fully saturated rings. The molecule has 1 aromatic carbocycles. The lowest BCUT2D eigenvalue weighted by Crippen LogP contribution is -2.00. The van der Waals surface area contributed by atoms with Gasteiger partial charge in [-0.2, -0.15) is 0 Å². The minimum Gasteiger partial charge on any atom is -0.288 e. The summed E-state index contributed by atoms with van der Waals surface area (Å²) < 4.78 is 22.3. The first-order chi connectivity index (χ1) is 7.98. The summed E-state index contributed by atoms with van der Waals surface area (Å²) >= 11 is 1.31. The fraction of sp³-hybridized carbons (Fsp3) is 0. The molecule has 0 bridgehead atoms. The van der Waals surface area contributed by atoms with Crippen molar-refractivity contribution >= 4 is 36.9 Å². The number of carbonyl (C=O) groups excluding carboxylic acids is 1. The lowest BCUT2D eigenvalue weighted by atomic mass is 10.1. The molecule has 0 aliphatic carbocycles. The van der Waals surface area contributed by atoms with E-state index in [1.165, 1.54) is 29.5 Å². The summed E-state index contributed by atoms with van der Waals surface area (Å²) in [7, 11) is 1.42. The zero-order chi connectivity index (χ0) is 12.5. The molecule has 0 aliphatic heterocycles. The van der Waals surface area contributed by atoms with Gasteiger partial charge in [-0.3, -0.25) is 4.79 Å². The second-order valence-corrected chi connectivity index (χ2v) is 6.79. The molecule has 3 nitrogen and oxygen atoms in total. The fourth-order valence-corrected chi connectivity index (χ4v) is 2.82. The Balaban J connectivity index is 2.45. The number of ketones is 1. The predicted molar refractivity (Wildman–Crippen MR) is 67.2 cm³/mol. The van der Waals surface area contributed by atoms with Crippen molar-refractivity contribution in [2.24, 2.45) is 0 Å². The van der Waals surface area contributed by atoms with Gasteiger partial charge in [-0.25, -0.2) is 8.42 Å². The van der Waals surface area contributed by atoms with E-state index in [-0.39, 0.29) is 10.7 Å². The molecule has 1 heterocycles. The maximum absolute atomic E-state index is 12.0. The molecule has 0 unspecified atom stereocenters. The highest BCUT2D eigenvalue weighted by Gasteiger charge is 2.14. The van der Waals surface area contributed by atoms with Crippen molar-refractivity contribution in [3.05, 3.63) is 52.2 Å². The Labute approximate surface area is 107 Å². The van der Waals surface area contributed by atoms with Gasteiger partial charge in [0.05, 0.1) is 9.77 Å². The number of hydrogen-bond donors (Lipinski definition) is 0. The van der Waals surface area contributed by atoms with Gasteiger partial charge in [-0.05, 0) is 23.6 Å². The maximum atomic E-state index is 12.0. The molecule has 0 saturated carbocycles. The van der Waals surface area contributed by atoms with Gasteiger partial charge in [0.2, 0.25) is 5.78 Å². The summed E-state index contributed by atoms with van der Waals surface area (Å²) in [5.74, 6) is -0.206. The van der Waals surface area contributed by atoms with Gasteiger partial charge >= 0.3 is 0 Å². The van der Waals surface area contributed by atoms with Gasteiger partial charge in [0.1, 0.15) is 0 Å². The van der Waals surface area contributed by atoms with Crippen molar-refractivity contribution in [3.63, 3.8) is 0 Å². The van der Waals surface area contributed by atoms with E-state index in [0.717, 1.165) is 0 Å². The topological polar surface area (TPSA) is 51.2 Å². The average molecular weight is 287 g/mol. The summed E-state index contributed by atoms with van der Waals surface area (Å²) in [6, 6.07) is 9.15. The van der Waals surface area contributed by atoms with Gasteiger partial charge in [-0.15, -0.1) is 11.3 Å². The van der Waals surface area contributed by atoms with Crippen molar-refractivity contribution < 1.29 is 13.2 Å². The Morgan fingerprint density at radius 1 is 1.18 bits per heavy atom. The van der Waals surface area contributed by atoms with E-state index in [1.807, 2.05) is 0 Å². The van der Waals surface area contributed by atoms with Gasteiger partial charge < -0.3 is 0 Å². The van der Waals surface area contributed by atoms with Crippen molar-refractivity contribution in [3.8, 4) is 0 Å².